The van der Waals surface area contributed by atoms with Gasteiger partial charge in [-0.15, -0.1) is 0 Å². The second-order valence-corrected chi connectivity index (χ2v) is 3.31. The van der Waals surface area contributed by atoms with Gasteiger partial charge in [-0.1, -0.05) is 30.3 Å². The monoisotopic (exact) mass is 191 g/mol. The first-order valence-corrected chi connectivity index (χ1v) is 4.78. The second kappa shape index (κ2) is 4.35. The molecule has 1 aliphatic rings. The minimum atomic E-state index is -0.175. The van der Waals surface area contributed by atoms with E-state index in [9.17, 15) is 4.79 Å². The molecule has 2 rings (SSSR count). The second-order valence-electron chi connectivity index (χ2n) is 3.31. The van der Waals surface area contributed by atoms with Crippen molar-refractivity contribution in [2.75, 3.05) is 19.8 Å². The fourth-order valence-corrected chi connectivity index (χ4v) is 1.54. The molecule has 14 heavy (non-hydrogen) atoms. The predicted octanol–water partition coefficient (Wildman–Crippen LogP) is 0.858. The number of hydrogen-bond donors (Lipinski definition) is 1. The molecule has 0 bridgehead atoms. The van der Waals surface area contributed by atoms with Crippen LogP contribution in [0.1, 0.15) is 10.4 Å². The average Bonchev–Trinajstić information content (AvgIpc) is 2.30. The molecule has 0 spiro atoms. The molecule has 0 aromatic heterocycles. The van der Waals surface area contributed by atoms with Gasteiger partial charge in [0.2, 0.25) is 0 Å². The molecule has 1 saturated heterocycles. The molecule has 1 N–H and O–H groups in total. The third kappa shape index (κ3) is 2.00. The van der Waals surface area contributed by atoms with E-state index < -0.39 is 0 Å². The average molecular weight is 191 g/mol. The van der Waals surface area contributed by atoms with Crippen molar-refractivity contribution in [3.63, 3.8) is 0 Å². The van der Waals surface area contributed by atoms with Crippen molar-refractivity contribution < 1.29 is 9.53 Å². The van der Waals surface area contributed by atoms with Gasteiger partial charge in [0.1, 0.15) is 0 Å². The molecule has 1 aromatic carbocycles. The van der Waals surface area contributed by atoms with E-state index in [1.54, 1.807) is 0 Å². The summed E-state index contributed by atoms with van der Waals surface area (Å²) in [6.45, 7) is 1.93. The maximum atomic E-state index is 11.9. The van der Waals surface area contributed by atoms with Gasteiger partial charge < -0.3 is 10.1 Å². The van der Waals surface area contributed by atoms with Crippen LogP contribution in [0.25, 0.3) is 0 Å². The number of carbonyl (C=O) groups excluding carboxylic acids is 1. The number of morpholine rings is 1. The van der Waals surface area contributed by atoms with Crippen LogP contribution in [-0.2, 0) is 4.74 Å². The van der Waals surface area contributed by atoms with Gasteiger partial charge in [-0.2, -0.15) is 0 Å². The standard InChI is InChI=1S/C11H13NO2/c13-11(9-4-2-1-3-5-9)10-8-14-7-6-12-10/h1-5,10,12H,6-8H2. The van der Waals surface area contributed by atoms with E-state index in [0.717, 1.165) is 12.1 Å². The highest BCUT2D eigenvalue weighted by Gasteiger charge is 2.21. The Morgan fingerprint density at radius 1 is 1.36 bits per heavy atom. The van der Waals surface area contributed by atoms with Crippen LogP contribution in [0.15, 0.2) is 30.3 Å². The first-order chi connectivity index (χ1) is 6.88. The SMILES string of the molecule is O=C(c1ccccc1)C1COCCN1. The van der Waals surface area contributed by atoms with Gasteiger partial charge in [0.25, 0.3) is 0 Å². The van der Waals surface area contributed by atoms with Crippen LogP contribution in [0.2, 0.25) is 0 Å². The minimum Gasteiger partial charge on any atom is -0.378 e. The fraction of sp³-hybridized carbons (Fsp3) is 0.364. The Labute approximate surface area is 83.1 Å². The lowest BCUT2D eigenvalue weighted by atomic mass is 10.0. The predicted molar refractivity (Wildman–Crippen MR) is 53.4 cm³/mol. The van der Waals surface area contributed by atoms with Crippen molar-refractivity contribution in [2.24, 2.45) is 0 Å². The summed E-state index contributed by atoms with van der Waals surface area (Å²) in [6.07, 6.45) is 0. The Bertz CT molecular complexity index is 304. The van der Waals surface area contributed by atoms with Gasteiger partial charge in [-0.3, -0.25) is 4.79 Å². The van der Waals surface area contributed by atoms with E-state index >= 15 is 0 Å². The number of nitrogens with one attached hydrogen (secondary N) is 1. The lowest BCUT2D eigenvalue weighted by Crippen LogP contribution is -2.46. The number of hydrogen-bond acceptors (Lipinski definition) is 3. The van der Waals surface area contributed by atoms with Gasteiger partial charge in [0.05, 0.1) is 19.3 Å². The van der Waals surface area contributed by atoms with E-state index in [4.69, 9.17) is 4.74 Å². The van der Waals surface area contributed by atoms with Gasteiger partial charge in [0.15, 0.2) is 5.78 Å². The number of rotatable bonds is 2. The molecule has 0 saturated carbocycles. The number of Topliss-reactive ketones (excluding diaryl/α,β-unsaturated/α-hetero) is 1. The molecule has 1 aliphatic heterocycles. The molecule has 3 nitrogen and oxygen atoms in total. The van der Waals surface area contributed by atoms with Crippen LogP contribution in [0.5, 0.6) is 0 Å². The molecular weight excluding hydrogens is 178 g/mol. The van der Waals surface area contributed by atoms with Crippen molar-refractivity contribution in [2.45, 2.75) is 6.04 Å². The summed E-state index contributed by atoms with van der Waals surface area (Å²) < 4.78 is 5.24. The molecule has 0 radical (unpaired) electrons. The fourth-order valence-electron chi connectivity index (χ4n) is 1.54. The highest BCUT2D eigenvalue weighted by molar-refractivity contribution is 6.00. The van der Waals surface area contributed by atoms with Crippen LogP contribution in [0.3, 0.4) is 0 Å². The summed E-state index contributed by atoms with van der Waals surface area (Å²) in [5, 5.41) is 3.14. The van der Waals surface area contributed by atoms with Gasteiger partial charge in [-0.05, 0) is 0 Å². The van der Waals surface area contributed by atoms with Gasteiger partial charge in [-0.25, -0.2) is 0 Å². The van der Waals surface area contributed by atoms with Crippen LogP contribution < -0.4 is 5.32 Å². The topological polar surface area (TPSA) is 38.3 Å². The number of carbonyl (C=O) groups is 1. The molecule has 1 fully saturated rings. The zero-order valence-corrected chi connectivity index (χ0v) is 7.90. The van der Waals surface area contributed by atoms with Gasteiger partial charge >= 0.3 is 0 Å². The number of ether oxygens (including phenoxy) is 1. The van der Waals surface area contributed by atoms with Crippen molar-refractivity contribution in [3.05, 3.63) is 35.9 Å². The van der Waals surface area contributed by atoms with Crippen molar-refractivity contribution in [1.82, 2.24) is 5.32 Å². The smallest absolute Gasteiger partial charge is 0.182 e. The summed E-state index contributed by atoms with van der Waals surface area (Å²) in [4.78, 5) is 11.9. The molecule has 0 amide bonds. The van der Waals surface area contributed by atoms with E-state index in [0.29, 0.717) is 13.2 Å². The van der Waals surface area contributed by atoms with Crippen molar-refractivity contribution >= 4 is 5.78 Å². The van der Waals surface area contributed by atoms with E-state index in [-0.39, 0.29) is 11.8 Å². The van der Waals surface area contributed by atoms with E-state index in [1.165, 1.54) is 0 Å². The number of ketones is 1. The molecular formula is C11H13NO2. The Kier molecular flexibility index (Phi) is 2.91. The summed E-state index contributed by atoms with van der Waals surface area (Å²) in [7, 11) is 0. The van der Waals surface area contributed by atoms with Crippen LogP contribution in [0.4, 0.5) is 0 Å². The normalized spacial score (nSPS) is 21.9. The summed E-state index contributed by atoms with van der Waals surface area (Å²) in [5.74, 6) is 0.116. The lowest BCUT2D eigenvalue weighted by molar-refractivity contribution is 0.0607. The number of benzene rings is 1. The Balaban J connectivity index is 2.07. The molecule has 0 aliphatic carbocycles. The zero-order valence-electron chi connectivity index (χ0n) is 7.90. The molecule has 1 aromatic rings. The Morgan fingerprint density at radius 2 is 2.14 bits per heavy atom. The van der Waals surface area contributed by atoms with Crippen LogP contribution in [-0.4, -0.2) is 31.6 Å². The van der Waals surface area contributed by atoms with E-state index in [1.807, 2.05) is 30.3 Å². The van der Waals surface area contributed by atoms with Crippen molar-refractivity contribution in [1.29, 1.82) is 0 Å². The van der Waals surface area contributed by atoms with Gasteiger partial charge in [0, 0.05) is 12.1 Å². The largest absolute Gasteiger partial charge is 0.378 e. The quantitative estimate of drug-likeness (QED) is 0.704. The van der Waals surface area contributed by atoms with E-state index in [2.05, 4.69) is 5.32 Å². The highest BCUT2D eigenvalue weighted by Crippen LogP contribution is 2.05. The third-order valence-electron chi connectivity index (χ3n) is 2.30. The Morgan fingerprint density at radius 3 is 2.79 bits per heavy atom. The molecule has 74 valence electrons. The Hall–Kier alpha value is -1.19. The molecule has 1 atom stereocenters. The molecule has 3 heteroatoms. The summed E-state index contributed by atoms with van der Waals surface area (Å²) in [6, 6.07) is 9.14. The first kappa shape index (κ1) is 9.37. The highest BCUT2D eigenvalue weighted by atomic mass is 16.5. The van der Waals surface area contributed by atoms with Crippen molar-refractivity contribution in [3.8, 4) is 0 Å². The summed E-state index contributed by atoms with van der Waals surface area (Å²) in [5.41, 5.74) is 0.746. The van der Waals surface area contributed by atoms with Crippen LogP contribution >= 0.6 is 0 Å². The first-order valence-electron chi connectivity index (χ1n) is 4.78. The maximum absolute atomic E-state index is 11.9. The maximum Gasteiger partial charge on any atom is 0.182 e. The zero-order chi connectivity index (χ0) is 9.80. The molecule has 1 heterocycles. The van der Waals surface area contributed by atoms with Crippen LogP contribution in [0, 0.1) is 0 Å². The third-order valence-corrected chi connectivity index (χ3v) is 2.30. The minimum absolute atomic E-state index is 0.116. The lowest BCUT2D eigenvalue weighted by Gasteiger charge is -2.22. The summed E-state index contributed by atoms with van der Waals surface area (Å²) >= 11 is 0. The molecule has 1 unspecified atom stereocenters.